The number of nitrogens with one attached hydrogen (secondary N) is 1. The van der Waals surface area contributed by atoms with Gasteiger partial charge in [0.25, 0.3) is 11.5 Å². The predicted octanol–water partition coefficient (Wildman–Crippen LogP) is 2.24. The van der Waals surface area contributed by atoms with E-state index in [4.69, 9.17) is 4.74 Å². The number of carbonyl (C=O) groups excluding carboxylic acids is 1. The molecule has 2 heterocycles. The highest BCUT2D eigenvalue weighted by molar-refractivity contribution is 7.11. The lowest BCUT2D eigenvalue weighted by Gasteiger charge is -2.13. The zero-order valence-electron chi connectivity index (χ0n) is 14.6. The van der Waals surface area contributed by atoms with Crippen LogP contribution in [0, 0.1) is 13.8 Å². The third-order valence-electron chi connectivity index (χ3n) is 3.84. The molecule has 0 saturated carbocycles. The van der Waals surface area contributed by atoms with Crippen molar-refractivity contribution in [2.75, 3.05) is 7.11 Å². The average molecular weight is 370 g/mol. The molecule has 0 radical (unpaired) electrons. The van der Waals surface area contributed by atoms with Crippen molar-refractivity contribution in [1.29, 1.82) is 0 Å². The molecule has 0 unspecified atom stereocenters. The van der Waals surface area contributed by atoms with Gasteiger partial charge < -0.3 is 10.1 Å². The number of carbonyl (C=O) groups is 1. The van der Waals surface area contributed by atoms with Gasteiger partial charge in [0, 0.05) is 6.20 Å². The second-order valence-corrected chi connectivity index (χ2v) is 6.88. The van der Waals surface area contributed by atoms with Crippen LogP contribution in [0.25, 0.3) is 5.69 Å². The van der Waals surface area contributed by atoms with E-state index < -0.39 is 11.5 Å². The maximum Gasteiger partial charge on any atom is 0.268 e. The molecule has 0 bridgehead atoms. The van der Waals surface area contributed by atoms with Crippen molar-refractivity contribution in [3.63, 3.8) is 0 Å². The molecule has 0 spiro atoms. The number of benzene rings is 1. The molecule has 26 heavy (non-hydrogen) atoms. The molecule has 0 saturated heterocycles. The van der Waals surface area contributed by atoms with Crippen molar-refractivity contribution in [3.05, 3.63) is 68.0 Å². The molecule has 1 aromatic carbocycles. The lowest BCUT2D eigenvalue weighted by Crippen LogP contribution is -2.33. The highest BCUT2D eigenvalue weighted by Crippen LogP contribution is 2.21. The minimum absolute atomic E-state index is 0.0969. The lowest BCUT2D eigenvalue weighted by molar-refractivity contribution is 0.0948. The minimum Gasteiger partial charge on any atom is -0.495 e. The second kappa shape index (κ2) is 7.49. The summed E-state index contributed by atoms with van der Waals surface area (Å²) in [5.74, 6) is 0.110. The van der Waals surface area contributed by atoms with Gasteiger partial charge >= 0.3 is 0 Å². The molecule has 3 aromatic rings. The Balaban J connectivity index is 1.94. The molecule has 1 N–H and O–H groups in total. The second-order valence-electron chi connectivity index (χ2n) is 5.62. The van der Waals surface area contributed by atoms with Gasteiger partial charge in [0.2, 0.25) is 0 Å². The molecule has 2 aromatic heterocycles. The first-order valence-corrected chi connectivity index (χ1v) is 8.75. The highest BCUT2D eigenvalue weighted by atomic mass is 32.1. The smallest absolute Gasteiger partial charge is 0.268 e. The Bertz CT molecular complexity index is 1010. The fourth-order valence-corrected chi connectivity index (χ4v) is 3.22. The number of para-hydroxylation sites is 2. The largest absolute Gasteiger partial charge is 0.495 e. The maximum atomic E-state index is 12.9. The number of aryl methyl sites for hydroxylation is 2. The first kappa shape index (κ1) is 17.8. The molecule has 7 nitrogen and oxygen atoms in total. The van der Waals surface area contributed by atoms with E-state index in [2.05, 4.69) is 15.5 Å². The summed E-state index contributed by atoms with van der Waals surface area (Å²) in [4.78, 5) is 25.5. The molecular formula is C18H18N4O3S. The quantitative estimate of drug-likeness (QED) is 0.744. The number of pyridine rings is 1. The molecule has 0 fully saturated rings. The Labute approximate surface area is 154 Å². The van der Waals surface area contributed by atoms with Crippen molar-refractivity contribution in [2.24, 2.45) is 0 Å². The maximum absolute atomic E-state index is 12.9. The SMILES string of the molecule is COc1ccccc1-n1ccc(C)c(C(=O)NCc2nnc(C)s2)c1=O. The Morgan fingerprint density at radius 1 is 1.23 bits per heavy atom. The van der Waals surface area contributed by atoms with Gasteiger partial charge in [0.05, 0.1) is 19.3 Å². The van der Waals surface area contributed by atoms with Crippen LogP contribution in [0.1, 0.15) is 25.9 Å². The van der Waals surface area contributed by atoms with Gasteiger partial charge in [-0.2, -0.15) is 0 Å². The van der Waals surface area contributed by atoms with E-state index >= 15 is 0 Å². The molecule has 8 heteroatoms. The van der Waals surface area contributed by atoms with Gasteiger partial charge in [-0.1, -0.05) is 23.5 Å². The first-order valence-electron chi connectivity index (χ1n) is 7.94. The molecule has 0 aliphatic rings. The van der Waals surface area contributed by atoms with Crippen molar-refractivity contribution in [3.8, 4) is 11.4 Å². The van der Waals surface area contributed by atoms with Crippen LogP contribution in [0.5, 0.6) is 5.75 Å². The number of aromatic nitrogens is 3. The number of methoxy groups -OCH3 is 1. The highest BCUT2D eigenvalue weighted by Gasteiger charge is 2.18. The van der Waals surface area contributed by atoms with E-state index in [1.165, 1.54) is 23.0 Å². The van der Waals surface area contributed by atoms with Gasteiger partial charge in [0.1, 0.15) is 21.3 Å². The Morgan fingerprint density at radius 2 is 2.00 bits per heavy atom. The summed E-state index contributed by atoms with van der Waals surface area (Å²) >= 11 is 1.40. The minimum atomic E-state index is -0.440. The monoisotopic (exact) mass is 370 g/mol. The van der Waals surface area contributed by atoms with E-state index in [1.807, 2.05) is 19.1 Å². The van der Waals surface area contributed by atoms with E-state index in [9.17, 15) is 9.59 Å². The molecule has 134 valence electrons. The van der Waals surface area contributed by atoms with Crippen LogP contribution in [0.3, 0.4) is 0 Å². The van der Waals surface area contributed by atoms with Gasteiger partial charge in [0.15, 0.2) is 0 Å². The zero-order valence-corrected chi connectivity index (χ0v) is 15.5. The number of nitrogens with zero attached hydrogens (tertiary/aromatic N) is 3. The van der Waals surface area contributed by atoms with Crippen LogP contribution < -0.4 is 15.6 Å². The van der Waals surface area contributed by atoms with E-state index in [0.29, 0.717) is 22.0 Å². The van der Waals surface area contributed by atoms with E-state index in [-0.39, 0.29) is 12.1 Å². The standard InChI is InChI=1S/C18H18N4O3S/c1-11-8-9-22(13-6-4-5-7-14(13)25-3)18(24)16(11)17(23)19-10-15-21-20-12(2)26-15/h4-9H,10H2,1-3H3,(H,19,23). The first-order chi connectivity index (χ1) is 12.5. The number of hydrogen-bond donors (Lipinski definition) is 1. The summed E-state index contributed by atoms with van der Waals surface area (Å²) in [6.07, 6.45) is 1.64. The van der Waals surface area contributed by atoms with Crippen molar-refractivity contribution < 1.29 is 9.53 Å². The predicted molar refractivity (Wildman–Crippen MR) is 99.1 cm³/mol. The zero-order chi connectivity index (χ0) is 18.7. The van der Waals surface area contributed by atoms with Crippen LogP contribution in [0.4, 0.5) is 0 Å². The normalized spacial score (nSPS) is 10.6. The Hall–Kier alpha value is -3.00. The number of ether oxygens (including phenoxy) is 1. The Kier molecular flexibility index (Phi) is 5.13. The summed E-state index contributed by atoms with van der Waals surface area (Å²) < 4.78 is 6.73. The molecule has 0 atom stereocenters. The van der Waals surface area contributed by atoms with Crippen LogP contribution in [0.2, 0.25) is 0 Å². The van der Waals surface area contributed by atoms with Crippen LogP contribution in [-0.4, -0.2) is 27.8 Å². The fraction of sp³-hybridized carbons (Fsp3) is 0.222. The summed E-state index contributed by atoms with van der Waals surface area (Å²) in [5, 5.41) is 12.1. The number of rotatable bonds is 5. The fourth-order valence-electron chi connectivity index (χ4n) is 2.57. The van der Waals surface area contributed by atoms with E-state index in [0.717, 1.165) is 5.01 Å². The van der Waals surface area contributed by atoms with Crippen molar-refractivity contribution in [1.82, 2.24) is 20.1 Å². The third-order valence-corrected chi connectivity index (χ3v) is 4.68. The molecule has 0 aliphatic heterocycles. The van der Waals surface area contributed by atoms with Gasteiger partial charge in [-0.15, -0.1) is 10.2 Å². The summed E-state index contributed by atoms with van der Waals surface area (Å²) in [6.45, 7) is 3.81. The molecule has 3 rings (SSSR count). The molecule has 1 amide bonds. The van der Waals surface area contributed by atoms with E-state index in [1.54, 1.807) is 31.3 Å². The topological polar surface area (TPSA) is 86.1 Å². The molecule has 0 aliphatic carbocycles. The summed E-state index contributed by atoms with van der Waals surface area (Å²) in [6, 6.07) is 8.89. The average Bonchev–Trinajstić information content (AvgIpc) is 3.05. The van der Waals surface area contributed by atoms with Crippen molar-refractivity contribution >= 4 is 17.2 Å². The summed E-state index contributed by atoms with van der Waals surface area (Å²) in [5.41, 5.74) is 0.876. The summed E-state index contributed by atoms with van der Waals surface area (Å²) in [7, 11) is 1.54. The third kappa shape index (κ3) is 3.50. The lowest BCUT2D eigenvalue weighted by atomic mass is 10.1. The van der Waals surface area contributed by atoms with Crippen molar-refractivity contribution in [2.45, 2.75) is 20.4 Å². The number of hydrogen-bond acceptors (Lipinski definition) is 6. The molecular weight excluding hydrogens is 352 g/mol. The van der Waals surface area contributed by atoms with Gasteiger partial charge in [-0.25, -0.2) is 0 Å². The van der Waals surface area contributed by atoms with Crippen LogP contribution in [-0.2, 0) is 6.54 Å². The van der Waals surface area contributed by atoms with Crippen LogP contribution >= 0.6 is 11.3 Å². The number of amides is 1. The van der Waals surface area contributed by atoms with Gasteiger partial charge in [-0.3, -0.25) is 14.2 Å². The van der Waals surface area contributed by atoms with Crippen LogP contribution in [0.15, 0.2) is 41.3 Å². The van der Waals surface area contributed by atoms with Gasteiger partial charge in [-0.05, 0) is 37.6 Å². The Morgan fingerprint density at radius 3 is 2.69 bits per heavy atom.